The van der Waals surface area contributed by atoms with E-state index in [1.54, 1.807) is 12.3 Å². The first kappa shape index (κ1) is 14.3. The number of aliphatic hydroxyl groups is 1. The Labute approximate surface area is 121 Å². The van der Waals surface area contributed by atoms with Crippen LogP contribution in [0.4, 0.5) is 4.79 Å². The molecule has 4 amide bonds. The molecular formula is C11H11BrN4O4. The van der Waals surface area contributed by atoms with Gasteiger partial charge in [0.15, 0.2) is 0 Å². The third kappa shape index (κ3) is 3.45. The number of aromatic amines is 1. The Morgan fingerprint density at radius 2 is 2.20 bits per heavy atom. The predicted molar refractivity (Wildman–Crippen MR) is 71.6 cm³/mol. The van der Waals surface area contributed by atoms with Crippen LogP contribution in [-0.4, -0.2) is 40.6 Å². The summed E-state index contributed by atoms with van der Waals surface area (Å²) in [5.74, 6) is -1.01. The molecule has 0 bridgehead atoms. The third-order valence-corrected chi connectivity index (χ3v) is 2.90. The van der Waals surface area contributed by atoms with Crippen molar-refractivity contribution < 1.29 is 19.5 Å². The SMILES string of the molecule is O=C1NC(=O)/C(=C/C(O)CNC(=O)c2cc(Br)c[nH]2)N1. The molecule has 1 aromatic heterocycles. The molecule has 1 saturated heterocycles. The van der Waals surface area contributed by atoms with Crippen LogP contribution in [0.1, 0.15) is 10.5 Å². The van der Waals surface area contributed by atoms with Crippen molar-refractivity contribution in [3.63, 3.8) is 0 Å². The highest BCUT2D eigenvalue weighted by Crippen LogP contribution is 2.10. The average molecular weight is 343 g/mol. The van der Waals surface area contributed by atoms with E-state index >= 15 is 0 Å². The van der Waals surface area contributed by atoms with Gasteiger partial charge in [-0.2, -0.15) is 0 Å². The molecule has 1 aromatic rings. The Morgan fingerprint density at radius 1 is 1.45 bits per heavy atom. The number of rotatable bonds is 4. The van der Waals surface area contributed by atoms with Crippen molar-refractivity contribution in [1.29, 1.82) is 0 Å². The number of aliphatic hydroxyl groups excluding tert-OH is 1. The van der Waals surface area contributed by atoms with Gasteiger partial charge in [-0.3, -0.25) is 14.9 Å². The first-order valence-corrected chi connectivity index (χ1v) is 6.39. The summed E-state index contributed by atoms with van der Waals surface area (Å²) in [7, 11) is 0. The normalized spacial score (nSPS) is 17.8. The first-order valence-electron chi connectivity index (χ1n) is 5.60. The molecule has 1 aliphatic heterocycles. The minimum absolute atomic E-state index is 0.0423. The highest BCUT2D eigenvalue weighted by molar-refractivity contribution is 9.10. The second-order valence-corrected chi connectivity index (χ2v) is 4.91. The molecule has 1 unspecified atom stereocenters. The molecule has 20 heavy (non-hydrogen) atoms. The van der Waals surface area contributed by atoms with E-state index in [1.165, 1.54) is 0 Å². The standard InChI is InChI=1S/C11H11BrN4O4/c12-5-1-7(13-3-5)9(18)14-4-6(17)2-8-10(19)16-11(20)15-8/h1-3,6,13,17H,4H2,(H,14,18)(H2,15,16,19,20)/b8-2-. The molecule has 1 fully saturated rings. The molecule has 0 saturated carbocycles. The Balaban J connectivity index is 1.88. The number of nitrogens with one attached hydrogen (secondary N) is 4. The van der Waals surface area contributed by atoms with Gasteiger partial charge >= 0.3 is 6.03 Å². The molecule has 0 radical (unpaired) electrons. The van der Waals surface area contributed by atoms with Gasteiger partial charge in [-0.1, -0.05) is 0 Å². The maximum Gasteiger partial charge on any atom is 0.326 e. The summed E-state index contributed by atoms with van der Waals surface area (Å²) in [5.41, 5.74) is 0.294. The molecule has 9 heteroatoms. The Bertz CT molecular complexity index is 595. The maximum absolute atomic E-state index is 11.7. The van der Waals surface area contributed by atoms with E-state index in [0.29, 0.717) is 5.69 Å². The molecule has 2 rings (SSSR count). The zero-order valence-electron chi connectivity index (χ0n) is 10.1. The number of hydrogen-bond donors (Lipinski definition) is 5. The highest BCUT2D eigenvalue weighted by atomic mass is 79.9. The smallest absolute Gasteiger partial charge is 0.326 e. The van der Waals surface area contributed by atoms with Crippen molar-refractivity contribution in [2.75, 3.05) is 6.54 Å². The van der Waals surface area contributed by atoms with E-state index in [4.69, 9.17) is 0 Å². The number of hydrogen-bond acceptors (Lipinski definition) is 4. The van der Waals surface area contributed by atoms with Gasteiger partial charge in [-0.05, 0) is 28.1 Å². The van der Waals surface area contributed by atoms with E-state index < -0.39 is 23.9 Å². The lowest BCUT2D eigenvalue weighted by molar-refractivity contribution is -0.115. The van der Waals surface area contributed by atoms with Crippen molar-refractivity contribution >= 4 is 33.8 Å². The summed E-state index contributed by atoms with van der Waals surface area (Å²) in [6.45, 7) is -0.0951. The third-order valence-electron chi connectivity index (χ3n) is 2.44. The van der Waals surface area contributed by atoms with Gasteiger partial charge in [0.25, 0.3) is 11.8 Å². The monoisotopic (exact) mass is 342 g/mol. The summed E-state index contributed by atoms with van der Waals surface area (Å²) in [6, 6.07) is 0.943. The van der Waals surface area contributed by atoms with Gasteiger partial charge in [-0.25, -0.2) is 4.79 Å². The van der Waals surface area contributed by atoms with Crippen LogP contribution in [0.3, 0.4) is 0 Å². The minimum atomic E-state index is -1.10. The van der Waals surface area contributed by atoms with Crippen molar-refractivity contribution in [1.82, 2.24) is 20.9 Å². The van der Waals surface area contributed by atoms with E-state index in [0.717, 1.165) is 10.5 Å². The lowest BCUT2D eigenvalue weighted by Crippen LogP contribution is -2.32. The quantitative estimate of drug-likeness (QED) is 0.377. The summed E-state index contributed by atoms with van der Waals surface area (Å²) in [5, 5.41) is 16.4. The molecule has 1 aliphatic rings. The number of imide groups is 1. The van der Waals surface area contributed by atoms with Gasteiger partial charge in [0, 0.05) is 17.2 Å². The van der Waals surface area contributed by atoms with E-state index in [-0.39, 0.29) is 12.2 Å². The fraction of sp³-hybridized carbons (Fsp3) is 0.182. The molecule has 8 nitrogen and oxygen atoms in total. The summed E-state index contributed by atoms with van der Waals surface area (Å²) >= 11 is 3.20. The van der Waals surface area contributed by atoms with Crippen LogP contribution in [0.2, 0.25) is 0 Å². The van der Waals surface area contributed by atoms with Crippen molar-refractivity contribution in [3.8, 4) is 0 Å². The van der Waals surface area contributed by atoms with Gasteiger partial charge in [0.1, 0.15) is 11.4 Å². The van der Waals surface area contributed by atoms with E-state index in [9.17, 15) is 19.5 Å². The summed E-state index contributed by atoms with van der Waals surface area (Å²) in [4.78, 5) is 36.5. The molecule has 0 spiro atoms. The highest BCUT2D eigenvalue weighted by Gasteiger charge is 2.23. The minimum Gasteiger partial charge on any atom is -0.387 e. The fourth-order valence-corrected chi connectivity index (χ4v) is 1.88. The zero-order chi connectivity index (χ0) is 14.7. The second-order valence-electron chi connectivity index (χ2n) is 4.00. The lowest BCUT2D eigenvalue weighted by atomic mass is 10.2. The molecule has 5 N–H and O–H groups in total. The van der Waals surface area contributed by atoms with Crippen LogP contribution in [0.5, 0.6) is 0 Å². The van der Waals surface area contributed by atoms with E-state index in [2.05, 4.69) is 31.5 Å². The molecule has 0 aromatic carbocycles. The number of aromatic nitrogens is 1. The molecule has 1 atom stereocenters. The first-order chi connectivity index (χ1) is 9.45. The number of carbonyl (C=O) groups is 3. The largest absolute Gasteiger partial charge is 0.387 e. The number of halogens is 1. The Hall–Kier alpha value is -2.13. The molecule has 0 aliphatic carbocycles. The van der Waals surface area contributed by atoms with E-state index in [1.807, 2.05) is 5.32 Å². The molecule has 2 heterocycles. The topological polar surface area (TPSA) is 123 Å². The van der Waals surface area contributed by atoms with Gasteiger partial charge in [0.05, 0.1) is 6.10 Å². The van der Waals surface area contributed by atoms with Crippen molar-refractivity contribution in [3.05, 3.63) is 34.2 Å². The van der Waals surface area contributed by atoms with Crippen LogP contribution in [-0.2, 0) is 4.79 Å². The van der Waals surface area contributed by atoms with Crippen LogP contribution in [0, 0.1) is 0 Å². The van der Waals surface area contributed by atoms with Crippen molar-refractivity contribution in [2.24, 2.45) is 0 Å². The Morgan fingerprint density at radius 3 is 2.75 bits per heavy atom. The van der Waals surface area contributed by atoms with Crippen LogP contribution in [0.15, 0.2) is 28.5 Å². The lowest BCUT2D eigenvalue weighted by Gasteiger charge is -2.07. The number of H-pyrrole nitrogens is 1. The summed E-state index contributed by atoms with van der Waals surface area (Å²) in [6.07, 6.45) is 1.66. The Kier molecular flexibility index (Phi) is 4.20. The van der Waals surface area contributed by atoms with Crippen molar-refractivity contribution in [2.45, 2.75) is 6.10 Å². The molecular weight excluding hydrogens is 332 g/mol. The number of urea groups is 1. The average Bonchev–Trinajstić information content (AvgIpc) is 2.93. The van der Waals surface area contributed by atoms with Gasteiger partial charge in [0.2, 0.25) is 0 Å². The van der Waals surface area contributed by atoms with Crippen LogP contribution < -0.4 is 16.0 Å². The fourth-order valence-electron chi connectivity index (χ4n) is 1.54. The van der Waals surface area contributed by atoms with Gasteiger partial charge < -0.3 is 20.7 Å². The number of amides is 4. The van der Waals surface area contributed by atoms with Gasteiger partial charge in [-0.15, -0.1) is 0 Å². The van der Waals surface area contributed by atoms with Crippen LogP contribution in [0.25, 0.3) is 0 Å². The predicted octanol–water partition coefficient (Wildman–Crippen LogP) is -0.409. The summed E-state index contributed by atoms with van der Waals surface area (Å²) < 4.78 is 0.732. The molecule has 106 valence electrons. The second kappa shape index (κ2) is 5.88. The maximum atomic E-state index is 11.7. The zero-order valence-corrected chi connectivity index (χ0v) is 11.7. The van der Waals surface area contributed by atoms with Crippen LogP contribution >= 0.6 is 15.9 Å². The number of carbonyl (C=O) groups excluding carboxylic acids is 3.